The predicted molar refractivity (Wildman–Crippen MR) is 138 cm³/mol. The molecule has 4 atom stereocenters. The largest absolute Gasteiger partial charge is 0.396 e. The van der Waals surface area contributed by atoms with E-state index < -0.39 is 30.1 Å². The van der Waals surface area contributed by atoms with Gasteiger partial charge in [0.1, 0.15) is 16.9 Å². The van der Waals surface area contributed by atoms with Crippen molar-refractivity contribution in [3.63, 3.8) is 0 Å². The molecule has 186 valence electrons. The maximum atomic E-state index is 11.1. The number of primary amides is 1. The topological polar surface area (TPSA) is 167 Å². The Bertz CT molecular complexity index is 1350. The molecule has 1 aliphatic carbocycles. The molecule has 0 saturated heterocycles. The van der Waals surface area contributed by atoms with Crippen molar-refractivity contribution in [2.24, 2.45) is 11.7 Å². The van der Waals surface area contributed by atoms with Crippen molar-refractivity contribution in [2.75, 3.05) is 17.2 Å². The van der Waals surface area contributed by atoms with Gasteiger partial charge >= 0.3 is 0 Å². The maximum absolute atomic E-state index is 11.1. The van der Waals surface area contributed by atoms with Crippen LogP contribution in [-0.2, 0) is 11.2 Å². The lowest BCUT2D eigenvalue weighted by Crippen LogP contribution is -2.35. The van der Waals surface area contributed by atoms with Gasteiger partial charge in [0.15, 0.2) is 0 Å². The number of hydrogen-bond acceptors (Lipinski definition) is 10. The summed E-state index contributed by atoms with van der Waals surface area (Å²) in [5.41, 5.74) is 8.30. The Morgan fingerprint density at radius 2 is 1.86 bits per heavy atom. The smallest absolute Gasteiger partial charge is 0.229 e. The Hall–Kier alpha value is -3.64. The van der Waals surface area contributed by atoms with Gasteiger partial charge in [0, 0.05) is 24.4 Å². The minimum atomic E-state index is -1.06. The number of benzene rings is 2. The van der Waals surface area contributed by atoms with E-state index in [1.807, 2.05) is 24.3 Å². The number of rotatable bonds is 8. The number of fused-ring (bicyclic) bond motifs is 1. The van der Waals surface area contributed by atoms with E-state index in [1.54, 1.807) is 30.5 Å². The molecule has 5 rings (SSSR count). The molecule has 0 bridgehead atoms. The van der Waals surface area contributed by atoms with Gasteiger partial charge in [-0.2, -0.15) is 4.98 Å². The lowest BCUT2D eigenvalue weighted by Gasteiger charge is -2.20. The number of aromatic nitrogens is 3. The zero-order chi connectivity index (χ0) is 25.2. The number of carbonyl (C=O) groups excluding carboxylic acids is 1. The van der Waals surface area contributed by atoms with Crippen LogP contribution in [0.25, 0.3) is 20.8 Å². The van der Waals surface area contributed by atoms with E-state index in [1.165, 1.54) is 11.3 Å². The van der Waals surface area contributed by atoms with Gasteiger partial charge in [0.25, 0.3) is 0 Å². The van der Waals surface area contributed by atoms with Gasteiger partial charge in [-0.1, -0.05) is 24.3 Å². The molecule has 0 unspecified atom stereocenters. The monoisotopic (exact) mass is 506 g/mol. The number of amides is 1. The maximum Gasteiger partial charge on any atom is 0.229 e. The average molecular weight is 507 g/mol. The second kappa shape index (κ2) is 10.2. The van der Waals surface area contributed by atoms with Crippen LogP contribution in [0.2, 0.25) is 0 Å². The van der Waals surface area contributed by atoms with Crippen LogP contribution in [0.4, 0.5) is 17.5 Å². The lowest BCUT2D eigenvalue weighted by molar-refractivity contribution is -0.117. The highest BCUT2D eigenvalue weighted by Gasteiger charge is 2.41. The summed E-state index contributed by atoms with van der Waals surface area (Å²) < 4.78 is 1.02. The van der Waals surface area contributed by atoms with E-state index in [0.29, 0.717) is 28.8 Å². The second-order valence-corrected chi connectivity index (χ2v) is 9.85. The summed E-state index contributed by atoms with van der Waals surface area (Å²) in [5, 5.41) is 37.5. The number of thiazole rings is 1. The molecule has 11 heteroatoms. The van der Waals surface area contributed by atoms with Crippen LogP contribution in [0.15, 0.2) is 54.7 Å². The number of nitrogens with two attached hydrogens (primary N) is 1. The third-order valence-corrected chi connectivity index (χ3v) is 7.33. The molecule has 2 aromatic heterocycles. The summed E-state index contributed by atoms with van der Waals surface area (Å²) >= 11 is 1.50. The van der Waals surface area contributed by atoms with E-state index in [0.717, 1.165) is 21.5 Å². The summed E-state index contributed by atoms with van der Waals surface area (Å²) in [6.07, 6.45) is 0.113. The summed E-state index contributed by atoms with van der Waals surface area (Å²) in [6, 6.07) is 14.5. The highest BCUT2D eigenvalue weighted by molar-refractivity contribution is 7.21. The van der Waals surface area contributed by atoms with Crippen molar-refractivity contribution >= 4 is 44.9 Å². The molecule has 2 aromatic carbocycles. The number of carbonyl (C=O) groups is 1. The van der Waals surface area contributed by atoms with Crippen LogP contribution < -0.4 is 16.4 Å². The molecule has 1 saturated carbocycles. The van der Waals surface area contributed by atoms with Crippen molar-refractivity contribution in [2.45, 2.75) is 31.1 Å². The van der Waals surface area contributed by atoms with Gasteiger partial charge in [-0.05, 0) is 36.2 Å². The molecule has 36 heavy (non-hydrogen) atoms. The van der Waals surface area contributed by atoms with Gasteiger partial charge in [0.05, 0.1) is 34.3 Å². The molecule has 4 aromatic rings. The molecule has 0 aliphatic heterocycles. The van der Waals surface area contributed by atoms with E-state index in [-0.39, 0.29) is 13.0 Å². The Morgan fingerprint density at radius 3 is 2.56 bits per heavy atom. The second-order valence-electron chi connectivity index (χ2n) is 8.82. The highest BCUT2D eigenvalue weighted by atomic mass is 32.1. The Labute approximate surface area is 210 Å². The lowest BCUT2D eigenvalue weighted by atomic mass is 10.1. The number of para-hydroxylation sites is 1. The first kappa shape index (κ1) is 24.1. The van der Waals surface area contributed by atoms with Gasteiger partial charge in [-0.3, -0.25) is 4.79 Å². The fourth-order valence-corrected chi connectivity index (χ4v) is 5.33. The van der Waals surface area contributed by atoms with Crippen LogP contribution in [0.3, 0.4) is 0 Å². The average Bonchev–Trinajstić information content (AvgIpc) is 3.41. The first-order chi connectivity index (χ1) is 17.4. The third-order valence-electron chi connectivity index (χ3n) is 6.26. The summed E-state index contributed by atoms with van der Waals surface area (Å²) in [5.74, 6) is -0.0619. The predicted octanol–water partition coefficient (Wildman–Crippen LogP) is 2.04. The van der Waals surface area contributed by atoms with Crippen molar-refractivity contribution < 1.29 is 20.1 Å². The van der Waals surface area contributed by atoms with Crippen molar-refractivity contribution in [1.29, 1.82) is 0 Å². The first-order valence-electron chi connectivity index (χ1n) is 11.5. The first-order valence-corrected chi connectivity index (χ1v) is 12.3. The van der Waals surface area contributed by atoms with Crippen molar-refractivity contribution in [3.05, 3.63) is 60.3 Å². The van der Waals surface area contributed by atoms with Gasteiger partial charge in [-0.15, -0.1) is 11.3 Å². The zero-order valence-corrected chi connectivity index (χ0v) is 20.0. The quantitative estimate of drug-likeness (QED) is 0.210. The summed E-state index contributed by atoms with van der Waals surface area (Å²) in [4.78, 5) is 25.0. The molecule has 2 heterocycles. The van der Waals surface area contributed by atoms with E-state index in [9.17, 15) is 20.1 Å². The molecule has 0 spiro atoms. The van der Waals surface area contributed by atoms with Crippen molar-refractivity contribution in [3.8, 4) is 10.6 Å². The fraction of sp³-hybridized carbons (Fsp3) is 0.280. The molecular formula is C25H26N6O4S. The number of nitrogens with one attached hydrogen (secondary N) is 2. The molecule has 0 radical (unpaired) electrons. The van der Waals surface area contributed by atoms with Crippen LogP contribution in [0.1, 0.15) is 12.0 Å². The van der Waals surface area contributed by atoms with Crippen LogP contribution >= 0.6 is 11.3 Å². The van der Waals surface area contributed by atoms with Crippen molar-refractivity contribution in [1.82, 2.24) is 15.0 Å². The van der Waals surface area contributed by atoms with Crippen LogP contribution in [0, 0.1) is 5.92 Å². The molecule has 10 nitrogen and oxygen atoms in total. The Balaban J connectivity index is 1.46. The Kier molecular flexibility index (Phi) is 6.79. The van der Waals surface area contributed by atoms with Gasteiger partial charge in [0.2, 0.25) is 11.9 Å². The number of aliphatic hydroxyl groups is 3. The molecular weight excluding hydrogens is 480 g/mol. The van der Waals surface area contributed by atoms with E-state index in [4.69, 9.17) is 10.7 Å². The van der Waals surface area contributed by atoms with Gasteiger partial charge in [-0.25, -0.2) is 9.97 Å². The number of aliphatic hydroxyl groups excluding tert-OH is 3. The third kappa shape index (κ3) is 5.00. The van der Waals surface area contributed by atoms with Crippen LogP contribution in [-0.4, -0.2) is 61.0 Å². The zero-order valence-electron chi connectivity index (χ0n) is 19.2. The van der Waals surface area contributed by atoms with Gasteiger partial charge < -0.3 is 31.7 Å². The van der Waals surface area contributed by atoms with E-state index in [2.05, 4.69) is 20.6 Å². The van der Waals surface area contributed by atoms with E-state index >= 15 is 0 Å². The SMILES string of the molecule is NC(=O)Cc1ccc(Nc2ncc(-c3nc4ccccc4s3)c(N[C@@H]3C[C@H](CO)[C@@H](O)[C@H]3O)n2)cc1. The Morgan fingerprint density at radius 1 is 1.08 bits per heavy atom. The van der Waals surface area contributed by atoms with Crippen LogP contribution in [0.5, 0.6) is 0 Å². The molecule has 1 aliphatic rings. The molecule has 7 N–H and O–H groups in total. The normalized spacial score (nSPS) is 21.5. The minimum absolute atomic E-state index is 0.159. The number of nitrogens with zero attached hydrogens (tertiary/aromatic N) is 3. The number of anilines is 3. The summed E-state index contributed by atoms with van der Waals surface area (Å²) in [6.45, 7) is -0.219. The minimum Gasteiger partial charge on any atom is -0.396 e. The standard InChI is InChI=1S/C25H26N6O4S/c26-20(33)9-13-5-7-15(8-6-13)28-25-27-11-16(24-30-17-3-1-2-4-19(17)36-24)23(31-25)29-18-10-14(12-32)21(34)22(18)35/h1-8,11,14,18,21-22,32,34-35H,9-10,12H2,(H2,26,33)(H2,27,28,29,31)/t14-,18-,21-,22+/m1/s1. The highest BCUT2D eigenvalue weighted by Crippen LogP contribution is 2.36. The molecule has 1 fully saturated rings. The fourth-order valence-electron chi connectivity index (χ4n) is 4.36. The summed E-state index contributed by atoms with van der Waals surface area (Å²) in [7, 11) is 0. The number of hydrogen-bond donors (Lipinski definition) is 6. The molecule has 1 amide bonds.